The van der Waals surface area contributed by atoms with Gasteiger partial charge < -0.3 is 5.32 Å². The third kappa shape index (κ3) is 4.00. The Labute approximate surface area is 141 Å². The van der Waals surface area contributed by atoms with E-state index in [1.807, 2.05) is 0 Å². The maximum Gasteiger partial charge on any atom is 0.293 e. The Hall–Kier alpha value is -0.570. The van der Waals surface area contributed by atoms with Crippen molar-refractivity contribution >= 4 is 45.7 Å². The average Bonchev–Trinajstić information content (AvgIpc) is 2.48. The van der Waals surface area contributed by atoms with Crippen LogP contribution in [0.1, 0.15) is 32.1 Å². The summed E-state index contributed by atoms with van der Waals surface area (Å²) in [6, 6.07) is 2.52. The first-order chi connectivity index (χ1) is 9.97. The molecule has 1 saturated carbocycles. The van der Waals surface area contributed by atoms with E-state index in [0.717, 1.165) is 12.8 Å². The molecule has 0 saturated heterocycles. The molecular weight excluding hydrogens is 406 g/mol. The number of benzene rings is 1. The second-order valence-corrected chi connectivity index (χ2v) is 7.78. The van der Waals surface area contributed by atoms with E-state index in [1.165, 1.54) is 31.4 Å². The van der Waals surface area contributed by atoms with Crippen LogP contribution < -0.4 is 5.32 Å². The normalized spacial score (nSPS) is 17.5. The molecule has 21 heavy (non-hydrogen) atoms. The van der Waals surface area contributed by atoms with Crippen molar-refractivity contribution in [1.29, 1.82) is 0 Å². The number of thioether (sulfide) groups is 1. The average molecular weight is 424 g/mol. The lowest BCUT2D eigenvalue weighted by Crippen LogP contribution is -2.35. The van der Waals surface area contributed by atoms with Gasteiger partial charge in [-0.05, 0) is 41.7 Å². The first-order valence-corrected chi connectivity index (χ1v) is 9.20. The quantitative estimate of drug-likeness (QED) is 0.419. The summed E-state index contributed by atoms with van der Waals surface area (Å²) in [6.45, 7) is 0.634. The molecule has 7 heteroatoms. The molecule has 0 aromatic heterocycles. The molecule has 0 spiro atoms. The Morgan fingerprint density at radius 2 is 2.10 bits per heavy atom. The zero-order valence-corrected chi connectivity index (χ0v) is 14.8. The molecule has 1 aliphatic carbocycles. The number of anilines is 1. The SMILES string of the molecule is CSC1(CNc2cc(F)c(I)cc2[N+](=O)[O-])CCCCC1. The zero-order valence-electron chi connectivity index (χ0n) is 11.8. The van der Waals surface area contributed by atoms with Gasteiger partial charge >= 0.3 is 0 Å². The number of nitrogens with one attached hydrogen (secondary N) is 1. The van der Waals surface area contributed by atoms with Gasteiger partial charge in [0.2, 0.25) is 0 Å². The van der Waals surface area contributed by atoms with E-state index in [1.54, 1.807) is 34.4 Å². The zero-order chi connectivity index (χ0) is 15.5. The smallest absolute Gasteiger partial charge is 0.293 e. The fourth-order valence-corrected chi connectivity index (χ4v) is 4.10. The van der Waals surface area contributed by atoms with Gasteiger partial charge in [0.25, 0.3) is 5.69 Å². The highest BCUT2D eigenvalue weighted by atomic mass is 127. The lowest BCUT2D eigenvalue weighted by atomic mass is 9.88. The first-order valence-electron chi connectivity index (χ1n) is 6.90. The number of halogens is 2. The lowest BCUT2D eigenvalue weighted by molar-refractivity contribution is -0.384. The Morgan fingerprint density at radius 3 is 2.67 bits per heavy atom. The minimum absolute atomic E-state index is 0.0622. The molecular formula is C14H18FIN2O2S. The van der Waals surface area contributed by atoms with Gasteiger partial charge in [-0.1, -0.05) is 19.3 Å². The Morgan fingerprint density at radius 1 is 1.43 bits per heavy atom. The summed E-state index contributed by atoms with van der Waals surface area (Å²) >= 11 is 3.58. The topological polar surface area (TPSA) is 55.2 Å². The van der Waals surface area contributed by atoms with Crippen molar-refractivity contribution in [3.8, 4) is 0 Å². The van der Waals surface area contributed by atoms with Crippen LogP contribution in [-0.4, -0.2) is 22.5 Å². The number of hydrogen-bond acceptors (Lipinski definition) is 4. The van der Waals surface area contributed by atoms with Gasteiger partial charge in [0.15, 0.2) is 0 Å². The predicted molar refractivity (Wildman–Crippen MR) is 93.6 cm³/mol. The standard InChI is InChI=1S/C14H18FIN2O2S/c1-21-14(5-3-2-4-6-14)9-17-12-7-10(15)11(16)8-13(12)18(19)20/h7-8,17H,2-6,9H2,1H3. The van der Waals surface area contributed by atoms with Crippen LogP contribution in [0.25, 0.3) is 0 Å². The third-order valence-corrected chi connectivity index (χ3v) is 6.28. The summed E-state index contributed by atoms with van der Waals surface area (Å²) in [4.78, 5) is 10.7. The van der Waals surface area contributed by atoms with E-state index in [9.17, 15) is 14.5 Å². The number of nitrogens with zero attached hydrogens (tertiary/aromatic N) is 1. The van der Waals surface area contributed by atoms with Crippen LogP contribution in [0.4, 0.5) is 15.8 Å². The summed E-state index contributed by atoms with van der Waals surface area (Å²) in [7, 11) is 0. The van der Waals surface area contributed by atoms with Gasteiger partial charge in [0.1, 0.15) is 11.5 Å². The lowest BCUT2D eigenvalue weighted by Gasteiger charge is -2.36. The molecule has 1 aromatic carbocycles. The maximum absolute atomic E-state index is 13.7. The highest BCUT2D eigenvalue weighted by molar-refractivity contribution is 14.1. The largest absolute Gasteiger partial charge is 0.378 e. The van der Waals surface area contributed by atoms with E-state index in [4.69, 9.17) is 0 Å². The highest BCUT2D eigenvalue weighted by Gasteiger charge is 2.31. The summed E-state index contributed by atoms with van der Waals surface area (Å²) in [5.74, 6) is -0.425. The fraction of sp³-hybridized carbons (Fsp3) is 0.571. The van der Waals surface area contributed by atoms with Crippen molar-refractivity contribution in [3.05, 3.63) is 31.6 Å². The second kappa shape index (κ2) is 7.13. The van der Waals surface area contributed by atoms with Gasteiger partial charge in [-0.2, -0.15) is 11.8 Å². The van der Waals surface area contributed by atoms with Gasteiger partial charge in [0.05, 0.1) is 8.49 Å². The maximum atomic E-state index is 13.7. The summed E-state index contributed by atoms with van der Waals surface area (Å²) in [6.07, 6.45) is 7.90. The van der Waals surface area contributed by atoms with Crippen molar-refractivity contribution in [3.63, 3.8) is 0 Å². The molecule has 0 atom stereocenters. The molecule has 0 unspecified atom stereocenters. The molecule has 2 rings (SSSR count). The second-order valence-electron chi connectivity index (χ2n) is 5.34. The van der Waals surface area contributed by atoms with Crippen molar-refractivity contribution in [2.45, 2.75) is 36.9 Å². The van der Waals surface area contributed by atoms with Gasteiger partial charge in [0, 0.05) is 23.4 Å². The molecule has 1 aliphatic rings. The van der Waals surface area contributed by atoms with Gasteiger partial charge in [-0.25, -0.2) is 4.39 Å². The molecule has 1 N–H and O–H groups in total. The Kier molecular flexibility index (Phi) is 5.70. The monoisotopic (exact) mass is 424 g/mol. The van der Waals surface area contributed by atoms with Crippen LogP contribution in [0.5, 0.6) is 0 Å². The number of rotatable bonds is 5. The van der Waals surface area contributed by atoms with E-state index >= 15 is 0 Å². The van der Waals surface area contributed by atoms with Crippen molar-refractivity contribution in [2.24, 2.45) is 0 Å². The van der Waals surface area contributed by atoms with E-state index in [0.29, 0.717) is 6.54 Å². The molecule has 0 heterocycles. The molecule has 0 amide bonds. The van der Waals surface area contributed by atoms with Crippen LogP contribution in [0.3, 0.4) is 0 Å². The number of nitro groups is 1. The Bertz CT molecular complexity index is 536. The minimum Gasteiger partial charge on any atom is -0.378 e. The number of hydrogen-bond donors (Lipinski definition) is 1. The van der Waals surface area contributed by atoms with Crippen LogP contribution in [0, 0.1) is 19.5 Å². The van der Waals surface area contributed by atoms with Crippen molar-refractivity contribution in [2.75, 3.05) is 18.1 Å². The molecule has 1 fully saturated rings. The minimum atomic E-state index is -0.462. The Balaban J connectivity index is 2.18. The molecule has 1 aromatic rings. The number of nitro benzene ring substituents is 1. The molecule has 0 radical (unpaired) electrons. The summed E-state index contributed by atoms with van der Waals surface area (Å²) in [5.41, 5.74) is 0.213. The highest BCUT2D eigenvalue weighted by Crippen LogP contribution is 2.39. The van der Waals surface area contributed by atoms with Crippen LogP contribution in [0.15, 0.2) is 12.1 Å². The van der Waals surface area contributed by atoms with E-state index in [2.05, 4.69) is 11.6 Å². The predicted octanol–water partition coefficient (Wildman–Crippen LogP) is 4.82. The third-order valence-electron chi connectivity index (χ3n) is 4.03. The summed E-state index contributed by atoms with van der Waals surface area (Å²) < 4.78 is 14.1. The molecule has 116 valence electrons. The summed E-state index contributed by atoms with van der Waals surface area (Å²) in [5, 5.41) is 14.2. The van der Waals surface area contributed by atoms with Crippen molar-refractivity contribution < 1.29 is 9.31 Å². The van der Waals surface area contributed by atoms with E-state index in [-0.39, 0.29) is 19.7 Å². The van der Waals surface area contributed by atoms with Gasteiger partial charge in [-0.3, -0.25) is 10.1 Å². The fourth-order valence-electron chi connectivity index (χ4n) is 2.73. The van der Waals surface area contributed by atoms with Crippen LogP contribution in [-0.2, 0) is 0 Å². The first kappa shape index (κ1) is 16.8. The van der Waals surface area contributed by atoms with Gasteiger partial charge in [-0.15, -0.1) is 0 Å². The van der Waals surface area contributed by atoms with Crippen LogP contribution >= 0.6 is 34.4 Å². The molecule has 4 nitrogen and oxygen atoms in total. The van der Waals surface area contributed by atoms with E-state index < -0.39 is 10.7 Å². The molecule has 0 bridgehead atoms. The molecule has 0 aliphatic heterocycles. The van der Waals surface area contributed by atoms with Crippen LogP contribution in [0.2, 0.25) is 0 Å². The van der Waals surface area contributed by atoms with Crippen molar-refractivity contribution in [1.82, 2.24) is 0 Å².